The Morgan fingerprint density at radius 2 is 2.18 bits per heavy atom. The van der Waals surface area contributed by atoms with E-state index in [-0.39, 0.29) is 5.91 Å². The third-order valence-corrected chi connectivity index (χ3v) is 4.07. The average Bonchev–Trinajstić information content (AvgIpc) is 2.59. The number of carbonyl (C=O) groups excluding carboxylic acids is 1. The van der Waals surface area contributed by atoms with Crippen molar-refractivity contribution < 1.29 is 4.79 Å². The number of fused-ring (bicyclic) bond motifs is 1. The molecule has 0 saturated heterocycles. The van der Waals surface area contributed by atoms with Crippen molar-refractivity contribution in [1.29, 1.82) is 0 Å². The first-order chi connectivity index (χ1) is 10.8. The molecular weight excluding hydrogens is 274 g/mol. The third-order valence-electron chi connectivity index (χ3n) is 4.07. The van der Waals surface area contributed by atoms with Crippen LogP contribution >= 0.6 is 0 Å². The lowest BCUT2D eigenvalue weighted by atomic mass is 9.96. The van der Waals surface area contributed by atoms with Gasteiger partial charge in [0.05, 0.1) is 12.2 Å². The highest BCUT2D eigenvalue weighted by Gasteiger charge is 2.21. The zero-order valence-corrected chi connectivity index (χ0v) is 12.9. The molecule has 114 valence electrons. The molecule has 0 unspecified atom stereocenters. The molecule has 1 N–H and O–H groups in total. The van der Waals surface area contributed by atoms with Gasteiger partial charge in [-0.2, -0.15) is 0 Å². The molecule has 0 aliphatic carbocycles. The normalized spacial score (nSPS) is 13.1. The van der Waals surface area contributed by atoms with E-state index in [1.54, 1.807) is 6.20 Å². The standard InChI is InChI=1S/C18H21N3O/c1-2-21(13-14-7-3-4-11-19-14)18(22)16-8-5-10-17-15(16)9-6-12-20-17/h3-5,7-8,10-11,20H,2,6,9,12-13H2,1H3. The maximum atomic E-state index is 12.9. The van der Waals surface area contributed by atoms with Crippen molar-refractivity contribution >= 4 is 11.6 Å². The molecule has 0 fully saturated rings. The molecule has 3 rings (SSSR count). The van der Waals surface area contributed by atoms with Crippen molar-refractivity contribution in [2.75, 3.05) is 18.4 Å². The van der Waals surface area contributed by atoms with Gasteiger partial charge in [0.15, 0.2) is 0 Å². The zero-order valence-electron chi connectivity index (χ0n) is 12.9. The van der Waals surface area contributed by atoms with E-state index in [1.165, 1.54) is 0 Å². The highest BCUT2D eigenvalue weighted by molar-refractivity contribution is 5.97. The SMILES string of the molecule is CCN(Cc1ccccn1)C(=O)c1cccc2c1CCCN2. The van der Waals surface area contributed by atoms with Gasteiger partial charge in [-0.05, 0) is 49.6 Å². The molecule has 4 heteroatoms. The van der Waals surface area contributed by atoms with Crippen molar-refractivity contribution in [3.05, 3.63) is 59.4 Å². The van der Waals surface area contributed by atoms with Crippen LogP contribution in [0.4, 0.5) is 5.69 Å². The van der Waals surface area contributed by atoms with Crippen LogP contribution in [0.2, 0.25) is 0 Å². The van der Waals surface area contributed by atoms with E-state index in [9.17, 15) is 4.79 Å². The Kier molecular flexibility index (Phi) is 4.37. The predicted octanol–water partition coefficient (Wildman–Crippen LogP) is 3.10. The molecule has 2 heterocycles. The van der Waals surface area contributed by atoms with Gasteiger partial charge < -0.3 is 10.2 Å². The summed E-state index contributed by atoms with van der Waals surface area (Å²) in [5.41, 5.74) is 3.99. The molecular formula is C18H21N3O. The van der Waals surface area contributed by atoms with E-state index in [0.29, 0.717) is 13.1 Å². The van der Waals surface area contributed by atoms with E-state index >= 15 is 0 Å². The molecule has 0 atom stereocenters. The van der Waals surface area contributed by atoms with Crippen molar-refractivity contribution in [2.45, 2.75) is 26.3 Å². The lowest BCUT2D eigenvalue weighted by Gasteiger charge is -2.25. The van der Waals surface area contributed by atoms with E-state index in [4.69, 9.17) is 0 Å². The second-order valence-corrected chi connectivity index (χ2v) is 5.50. The summed E-state index contributed by atoms with van der Waals surface area (Å²) >= 11 is 0. The van der Waals surface area contributed by atoms with Crippen LogP contribution in [0.15, 0.2) is 42.6 Å². The van der Waals surface area contributed by atoms with E-state index in [1.807, 2.05) is 42.2 Å². The lowest BCUT2D eigenvalue weighted by molar-refractivity contribution is 0.0749. The number of nitrogens with zero attached hydrogens (tertiary/aromatic N) is 2. The minimum absolute atomic E-state index is 0.0914. The molecule has 0 saturated carbocycles. The molecule has 1 amide bonds. The highest BCUT2D eigenvalue weighted by atomic mass is 16.2. The molecule has 1 aromatic carbocycles. The van der Waals surface area contributed by atoms with E-state index in [0.717, 1.165) is 41.9 Å². The molecule has 2 aromatic rings. The average molecular weight is 295 g/mol. The van der Waals surface area contributed by atoms with Crippen LogP contribution in [-0.2, 0) is 13.0 Å². The number of rotatable bonds is 4. The van der Waals surface area contributed by atoms with Crippen LogP contribution < -0.4 is 5.32 Å². The minimum Gasteiger partial charge on any atom is -0.385 e. The fourth-order valence-corrected chi connectivity index (χ4v) is 2.90. The van der Waals surface area contributed by atoms with Crippen LogP contribution in [0.5, 0.6) is 0 Å². The number of hydrogen-bond donors (Lipinski definition) is 1. The number of carbonyl (C=O) groups is 1. The van der Waals surface area contributed by atoms with Gasteiger partial charge in [0.25, 0.3) is 5.91 Å². The number of hydrogen-bond acceptors (Lipinski definition) is 3. The van der Waals surface area contributed by atoms with Crippen LogP contribution in [0, 0.1) is 0 Å². The molecule has 1 aliphatic rings. The molecule has 1 aromatic heterocycles. The summed E-state index contributed by atoms with van der Waals surface area (Å²) in [6, 6.07) is 11.8. The summed E-state index contributed by atoms with van der Waals surface area (Å²) in [4.78, 5) is 19.1. The van der Waals surface area contributed by atoms with Gasteiger partial charge in [-0.25, -0.2) is 0 Å². The fraction of sp³-hybridized carbons (Fsp3) is 0.333. The Bertz CT molecular complexity index is 655. The number of amides is 1. The Balaban J connectivity index is 1.86. The molecule has 22 heavy (non-hydrogen) atoms. The molecule has 4 nitrogen and oxygen atoms in total. The second-order valence-electron chi connectivity index (χ2n) is 5.50. The van der Waals surface area contributed by atoms with Gasteiger partial charge in [0.1, 0.15) is 0 Å². The number of pyridine rings is 1. The summed E-state index contributed by atoms with van der Waals surface area (Å²) in [7, 11) is 0. The van der Waals surface area contributed by atoms with E-state index < -0.39 is 0 Å². The summed E-state index contributed by atoms with van der Waals surface area (Å²) in [5.74, 6) is 0.0914. The Labute approximate surface area is 131 Å². The quantitative estimate of drug-likeness (QED) is 0.942. The lowest BCUT2D eigenvalue weighted by Crippen LogP contribution is -2.32. The van der Waals surface area contributed by atoms with Gasteiger partial charge in [-0.3, -0.25) is 9.78 Å². The number of benzene rings is 1. The fourth-order valence-electron chi connectivity index (χ4n) is 2.90. The van der Waals surface area contributed by atoms with Gasteiger partial charge in [0, 0.05) is 30.5 Å². The Hall–Kier alpha value is -2.36. The minimum atomic E-state index is 0.0914. The Morgan fingerprint density at radius 3 is 2.95 bits per heavy atom. The summed E-state index contributed by atoms with van der Waals surface area (Å²) in [5, 5.41) is 3.38. The second kappa shape index (κ2) is 6.60. The van der Waals surface area contributed by atoms with Crippen LogP contribution in [-0.4, -0.2) is 28.9 Å². The summed E-state index contributed by atoms with van der Waals surface area (Å²) in [6.07, 6.45) is 3.80. The van der Waals surface area contributed by atoms with Gasteiger partial charge in [-0.1, -0.05) is 12.1 Å². The predicted molar refractivity (Wildman–Crippen MR) is 87.9 cm³/mol. The Morgan fingerprint density at radius 1 is 1.27 bits per heavy atom. The maximum absolute atomic E-state index is 12.9. The first kappa shape index (κ1) is 14.6. The zero-order chi connectivity index (χ0) is 15.4. The number of nitrogens with one attached hydrogen (secondary N) is 1. The maximum Gasteiger partial charge on any atom is 0.254 e. The number of aromatic nitrogens is 1. The van der Waals surface area contributed by atoms with Gasteiger partial charge in [0.2, 0.25) is 0 Å². The molecule has 0 radical (unpaired) electrons. The van der Waals surface area contributed by atoms with Crippen molar-refractivity contribution in [3.8, 4) is 0 Å². The van der Waals surface area contributed by atoms with Crippen molar-refractivity contribution in [1.82, 2.24) is 9.88 Å². The van der Waals surface area contributed by atoms with Crippen LogP contribution in [0.1, 0.15) is 35.0 Å². The van der Waals surface area contributed by atoms with E-state index in [2.05, 4.69) is 16.4 Å². The topological polar surface area (TPSA) is 45.2 Å². The molecule has 0 bridgehead atoms. The highest BCUT2D eigenvalue weighted by Crippen LogP contribution is 2.26. The van der Waals surface area contributed by atoms with Crippen molar-refractivity contribution in [3.63, 3.8) is 0 Å². The smallest absolute Gasteiger partial charge is 0.254 e. The first-order valence-electron chi connectivity index (χ1n) is 7.84. The monoisotopic (exact) mass is 295 g/mol. The first-order valence-corrected chi connectivity index (χ1v) is 7.84. The summed E-state index contributed by atoms with van der Waals surface area (Å²) in [6.45, 7) is 4.21. The van der Waals surface area contributed by atoms with Gasteiger partial charge >= 0.3 is 0 Å². The molecule has 1 aliphatic heterocycles. The van der Waals surface area contributed by atoms with Crippen molar-refractivity contribution in [2.24, 2.45) is 0 Å². The third kappa shape index (κ3) is 2.96. The largest absolute Gasteiger partial charge is 0.385 e. The summed E-state index contributed by atoms with van der Waals surface area (Å²) < 4.78 is 0. The van der Waals surface area contributed by atoms with Crippen LogP contribution in [0.25, 0.3) is 0 Å². The van der Waals surface area contributed by atoms with Crippen LogP contribution in [0.3, 0.4) is 0 Å². The number of anilines is 1. The van der Waals surface area contributed by atoms with Gasteiger partial charge in [-0.15, -0.1) is 0 Å². The molecule has 0 spiro atoms.